The molecule has 0 aliphatic heterocycles. The van der Waals surface area contributed by atoms with E-state index in [-0.39, 0.29) is 12.0 Å². The number of rotatable bonds is 9. The van der Waals surface area contributed by atoms with Crippen LogP contribution in [-0.2, 0) is 17.8 Å². The van der Waals surface area contributed by atoms with Crippen LogP contribution in [0.4, 0.5) is 0 Å². The first-order valence-electron chi connectivity index (χ1n) is 8.10. The molecule has 0 unspecified atom stereocenters. The van der Waals surface area contributed by atoms with E-state index in [4.69, 9.17) is 15.7 Å². The summed E-state index contributed by atoms with van der Waals surface area (Å²) in [5, 5.41) is 9.03. The van der Waals surface area contributed by atoms with Crippen molar-refractivity contribution >= 4 is 0 Å². The minimum atomic E-state index is 0.0000576. The molecule has 0 heterocycles. The second-order valence-electron chi connectivity index (χ2n) is 5.72. The number of hydrogen-bond donors (Lipinski definition) is 1. The lowest BCUT2D eigenvalue weighted by Gasteiger charge is -2.25. The van der Waals surface area contributed by atoms with Gasteiger partial charge in [0.1, 0.15) is 0 Å². The zero-order valence-electron chi connectivity index (χ0n) is 13.4. The third-order valence-electron chi connectivity index (χ3n) is 4.05. The maximum absolute atomic E-state index is 9.03. The van der Waals surface area contributed by atoms with Crippen LogP contribution in [0, 0.1) is 17.2 Å². The zero-order chi connectivity index (χ0) is 16.3. The molecule has 120 valence electrons. The minimum absolute atomic E-state index is 0.0000576. The van der Waals surface area contributed by atoms with Gasteiger partial charge in [0, 0.05) is 12.3 Å². The molecule has 0 fully saturated rings. The van der Waals surface area contributed by atoms with Crippen LogP contribution in [0.2, 0.25) is 0 Å². The molecule has 3 nitrogen and oxygen atoms in total. The summed E-state index contributed by atoms with van der Waals surface area (Å²) in [5.41, 5.74) is 8.30. The van der Waals surface area contributed by atoms with E-state index < -0.39 is 0 Å². The number of ether oxygens (including phenoxy) is 1. The lowest BCUT2D eigenvalue weighted by Crippen LogP contribution is -2.30. The monoisotopic (exact) mass is 308 g/mol. The highest BCUT2D eigenvalue weighted by molar-refractivity contribution is 5.15. The number of nitriles is 1. The third-order valence-corrected chi connectivity index (χ3v) is 4.05. The van der Waals surface area contributed by atoms with E-state index in [1.807, 2.05) is 36.4 Å². The lowest BCUT2D eigenvalue weighted by atomic mass is 9.94. The molecule has 2 atom stereocenters. The molecule has 23 heavy (non-hydrogen) atoms. The van der Waals surface area contributed by atoms with E-state index in [9.17, 15) is 0 Å². The number of hydrogen-bond acceptors (Lipinski definition) is 3. The van der Waals surface area contributed by atoms with Crippen LogP contribution in [0.1, 0.15) is 24.0 Å². The smallest absolute Gasteiger partial charge is 0.0720 e. The minimum Gasteiger partial charge on any atom is -0.373 e. The predicted octanol–water partition coefficient (Wildman–Crippen LogP) is 3.69. The van der Waals surface area contributed by atoms with Gasteiger partial charge in [-0.15, -0.1) is 0 Å². The second-order valence-corrected chi connectivity index (χ2v) is 5.72. The Labute approximate surface area is 138 Å². The summed E-state index contributed by atoms with van der Waals surface area (Å²) in [7, 11) is 0. The molecule has 0 saturated heterocycles. The number of nitrogens with two attached hydrogens (primary N) is 1. The van der Waals surface area contributed by atoms with Crippen molar-refractivity contribution in [3.8, 4) is 6.07 Å². The predicted molar refractivity (Wildman–Crippen MR) is 92.6 cm³/mol. The summed E-state index contributed by atoms with van der Waals surface area (Å²) in [6.45, 7) is 1.03. The molecule has 0 aromatic heterocycles. The molecule has 2 aromatic rings. The van der Waals surface area contributed by atoms with E-state index in [1.54, 1.807) is 0 Å². The van der Waals surface area contributed by atoms with Crippen molar-refractivity contribution in [3.63, 3.8) is 0 Å². The van der Waals surface area contributed by atoms with Crippen LogP contribution in [-0.4, -0.2) is 12.6 Å². The van der Waals surface area contributed by atoms with Crippen molar-refractivity contribution in [2.75, 3.05) is 6.54 Å². The third kappa shape index (κ3) is 5.86. The summed E-state index contributed by atoms with van der Waals surface area (Å²) in [6, 6.07) is 22.7. The van der Waals surface area contributed by atoms with Gasteiger partial charge in [0.2, 0.25) is 0 Å². The first kappa shape index (κ1) is 17.2. The van der Waals surface area contributed by atoms with Crippen LogP contribution < -0.4 is 5.73 Å². The fourth-order valence-corrected chi connectivity index (χ4v) is 2.67. The molecule has 0 aliphatic rings. The molecule has 2 aromatic carbocycles. The van der Waals surface area contributed by atoms with Gasteiger partial charge in [0.05, 0.1) is 18.8 Å². The zero-order valence-corrected chi connectivity index (χ0v) is 13.4. The normalized spacial score (nSPS) is 13.2. The first-order valence-corrected chi connectivity index (χ1v) is 8.10. The Kier molecular flexibility index (Phi) is 7.32. The summed E-state index contributed by atoms with van der Waals surface area (Å²) in [4.78, 5) is 0. The Hall–Kier alpha value is -2.15. The SMILES string of the molecule is N#CC[C@H](CN)[C@H](CCc1ccccc1)OCc1ccccc1. The highest BCUT2D eigenvalue weighted by atomic mass is 16.5. The van der Waals surface area contributed by atoms with Crippen molar-refractivity contribution in [2.45, 2.75) is 32.0 Å². The maximum atomic E-state index is 9.03. The van der Waals surface area contributed by atoms with Crippen LogP contribution in [0.15, 0.2) is 60.7 Å². The van der Waals surface area contributed by atoms with E-state index in [1.165, 1.54) is 5.56 Å². The molecule has 0 bridgehead atoms. The quantitative estimate of drug-likeness (QED) is 0.768. The summed E-state index contributed by atoms with van der Waals surface area (Å²) < 4.78 is 6.12. The van der Waals surface area contributed by atoms with Crippen LogP contribution in [0.5, 0.6) is 0 Å². The van der Waals surface area contributed by atoms with Crippen molar-refractivity contribution < 1.29 is 4.74 Å². The number of aryl methyl sites for hydroxylation is 1. The van der Waals surface area contributed by atoms with Gasteiger partial charge in [-0.25, -0.2) is 0 Å². The molecule has 0 spiro atoms. The molecule has 0 aliphatic carbocycles. The highest BCUT2D eigenvalue weighted by Crippen LogP contribution is 2.19. The largest absolute Gasteiger partial charge is 0.373 e. The Bertz CT molecular complexity index is 549. The number of nitrogens with zero attached hydrogens (tertiary/aromatic N) is 1. The molecule has 0 amide bonds. The molecule has 2 N–H and O–H groups in total. The summed E-state index contributed by atoms with van der Waals surface area (Å²) >= 11 is 0. The van der Waals surface area contributed by atoms with Crippen molar-refractivity contribution in [1.29, 1.82) is 5.26 Å². The molecule has 0 radical (unpaired) electrons. The van der Waals surface area contributed by atoms with Crippen molar-refractivity contribution in [2.24, 2.45) is 11.7 Å². The van der Waals surface area contributed by atoms with Gasteiger partial charge in [0.25, 0.3) is 0 Å². The van der Waals surface area contributed by atoms with E-state index in [0.717, 1.165) is 18.4 Å². The van der Waals surface area contributed by atoms with Gasteiger partial charge in [0.15, 0.2) is 0 Å². The Morgan fingerprint density at radius 3 is 2.13 bits per heavy atom. The fourth-order valence-electron chi connectivity index (χ4n) is 2.67. The van der Waals surface area contributed by atoms with Crippen molar-refractivity contribution in [1.82, 2.24) is 0 Å². The molecular formula is C20H24N2O. The average molecular weight is 308 g/mol. The average Bonchev–Trinajstić information content (AvgIpc) is 2.62. The van der Waals surface area contributed by atoms with Gasteiger partial charge in [-0.05, 0) is 30.5 Å². The molecule has 3 heteroatoms. The van der Waals surface area contributed by atoms with E-state index in [0.29, 0.717) is 19.6 Å². The van der Waals surface area contributed by atoms with Crippen LogP contribution in [0.3, 0.4) is 0 Å². The summed E-state index contributed by atoms with van der Waals surface area (Å²) in [6.07, 6.45) is 2.24. The van der Waals surface area contributed by atoms with Gasteiger partial charge in [-0.2, -0.15) is 5.26 Å². The van der Waals surface area contributed by atoms with Crippen molar-refractivity contribution in [3.05, 3.63) is 71.8 Å². The molecular weight excluding hydrogens is 284 g/mol. The van der Waals surface area contributed by atoms with Gasteiger partial charge in [-0.1, -0.05) is 60.7 Å². The topological polar surface area (TPSA) is 59.0 Å². The molecule has 2 rings (SSSR count). The Morgan fingerprint density at radius 2 is 1.57 bits per heavy atom. The maximum Gasteiger partial charge on any atom is 0.0720 e. The van der Waals surface area contributed by atoms with Crippen LogP contribution >= 0.6 is 0 Å². The van der Waals surface area contributed by atoms with Gasteiger partial charge >= 0.3 is 0 Å². The standard InChI is InChI=1S/C20H24N2O/c21-14-13-19(15-22)20(12-11-17-7-3-1-4-8-17)23-16-18-9-5-2-6-10-18/h1-10,19-20H,11-13,15-16,22H2/t19-,20+/m1/s1. The highest BCUT2D eigenvalue weighted by Gasteiger charge is 2.21. The Morgan fingerprint density at radius 1 is 0.957 bits per heavy atom. The van der Waals surface area contributed by atoms with E-state index >= 15 is 0 Å². The van der Waals surface area contributed by atoms with Crippen LogP contribution in [0.25, 0.3) is 0 Å². The van der Waals surface area contributed by atoms with Gasteiger partial charge in [-0.3, -0.25) is 0 Å². The molecule has 0 saturated carbocycles. The van der Waals surface area contributed by atoms with Gasteiger partial charge < -0.3 is 10.5 Å². The number of benzene rings is 2. The second kappa shape index (κ2) is 9.78. The fraction of sp³-hybridized carbons (Fsp3) is 0.350. The Balaban J connectivity index is 1.97. The van der Waals surface area contributed by atoms with E-state index in [2.05, 4.69) is 30.3 Å². The summed E-state index contributed by atoms with van der Waals surface area (Å²) in [5.74, 6) is 0.0763. The first-order chi connectivity index (χ1) is 11.3. The lowest BCUT2D eigenvalue weighted by molar-refractivity contribution is -0.000837.